The number of rotatable bonds is 7. The lowest BCUT2D eigenvalue weighted by Gasteiger charge is -2.29. The molecule has 0 atom stereocenters. The van der Waals surface area contributed by atoms with Crippen LogP contribution in [0.3, 0.4) is 0 Å². The Hall–Kier alpha value is -4.14. The van der Waals surface area contributed by atoms with E-state index in [1.54, 1.807) is 24.3 Å². The van der Waals surface area contributed by atoms with Crippen molar-refractivity contribution in [3.8, 4) is 11.6 Å². The van der Waals surface area contributed by atoms with E-state index in [1.165, 1.54) is 31.2 Å². The number of halogens is 2. The van der Waals surface area contributed by atoms with Gasteiger partial charge in [0.1, 0.15) is 22.9 Å². The van der Waals surface area contributed by atoms with Crippen LogP contribution < -0.4 is 15.4 Å². The highest BCUT2D eigenvalue weighted by Gasteiger charge is 2.26. The Morgan fingerprint density at radius 1 is 0.806 bits per heavy atom. The third-order valence-electron chi connectivity index (χ3n) is 6.04. The van der Waals surface area contributed by atoms with Crippen molar-refractivity contribution in [2.45, 2.75) is 44.7 Å². The van der Waals surface area contributed by atoms with Crippen molar-refractivity contribution in [1.82, 2.24) is 15.6 Å². The van der Waals surface area contributed by atoms with Crippen LogP contribution in [0.4, 0.5) is 8.78 Å². The van der Waals surface area contributed by atoms with Gasteiger partial charge in [-0.1, -0.05) is 12.1 Å². The van der Waals surface area contributed by atoms with Gasteiger partial charge in [0.25, 0.3) is 11.8 Å². The lowest BCUT2D eigenvalue weighted by atomic mass is 9.90. The summed E-state index contributed by atoms with van der Waals surface area (Å²) in [5.74, 6) is -1.76. The second-order valence-electron chi connectivity index (χ2n) is 8.69. The maximum absolute atomic E-state index is 13.8. The summed E-state index contributed by atoms with van der Waals surface area (Å²) < 4.78 is 32.6. The molecule has 1 fully saturated rings. The minimum absolute atomic E-state index is 0.0497. The Morgan fingerprint density at radius 3 is 1.94 bits per heavy atom. The Bertz CT molecular complexity index is 1260. The number of carbonyl (C=O) groups is 3. The van der Waals surface area contributed by atoms with Crippen molar-refractivity contribution in [3.05, 3.63) is 89.1 Å². The van der Waals surface area contributed by atoms with Crippen molar-refractivity contribution in [2.24, 2.45) is 0 Å². The fourth-order valence-corrected chi connectivity index (χ4v) is 4.06. The highest BCUT2D eigenvalue weighted by molar-refractivity contribution is 5.98. The lowest BCUT2D eigenvalue weighted by molar-refractivity contribution is 0.0890. The molecule has 36 heavy (non-hydrogen) atoms. The number of benzene rings is 2. The number of hydrogen-bond acceptors (Lipinski definition) is 5. The Labute approximate surface area is 206 Å². The average Bonchev–Trinajstić information content (AvgIpc) is 2.87. The molecule has 3 aromatic rings. The molecule has 7 nitrogen and oxygen atoms in total. The van der Waals surface area contributed by atoms with Crippen LogP contribution in [0.5, 0.6) is 11.6 Å². The first-order chi connectivity index (χ1) is 17.3. The maximum atomic E-state index is 13.8. The smallest absolute Gasteiger partial charge is 0.257 e. The van der Waals surface area contributed by atoms with Crippen LogP contribution in [-0.4, -0.2) is 34.7 Å². The molecule has 2 N–H and O–H groups in total. The van der Waals surface area contributed by atoms with Crippen molar-refractivity contribution in [1.29, 1.82) is 0 Å². The fraction of sp³-hybridized carbons (Fsp3) is 0.259. The molecule has 0 saturated heterocycles. The van der Waals surface area contributed by atoms with Crippen LogP contribution >= 0.6 is 0 Å². The number of carbonyl (C=O) groups excluding carboxylic acids is 3. The Morgan fingerprint density at radius 2 is 1.36 bits per heavy atom. The summed E-state index contributed by atoms with van der Waals surface area (Å²) in [7, 11) is 0. The number of Topliss-reactive ketones (excluding diaryl/α,β-unsaturated/α-hetero) is 1. The van der Waals surface area contributed by atoms with Gasteiger partial charge in [-0.25, -0.2) is 13.8 Å². The predicted octanol–water partition coefficient (Wildman–Crippen LogP) is 4.83. The van der Waals surface area contributed by atoms with E-state index in [1.807, 2.05) is 0 Å². The fourth-order valence-electron chi connectivity index (χ4n) is 4.06. The molecule has 186 valence electrons. The maximum Gasteiger partial charge on any atom is 0.257 e. The summed E-state index contributed by atoms with van der Waals surface area (Å²) in [6.07, 6.45) is 3.50. The Kier molecular flexibility index (Phi) is 7.68. The van der Waals surface area contributed by atoms with Crippen LogP contribution in [0.1, 0.15) is 63.7 Å². The minimum Gasteiger partial charge on any atom is -0.438 e. The quantitative estimate of drug-likeness (QED) is 0.460. The number of nitrogens with zero attached hydrogens (tertiary/aromatic N) is 1. The summed E-state index contributed by atoms with van der Waals surface area (Å²) in [6, 6.07) is 12.5. The van der Waals surface area contributed by atoms with Crippen LogP contribution in [-0.2, 0) is 0 Å². The molecule has 1 aliphatic carbocycles. The molecule has 9 heteroatoms. The number of ketones is 1. The zero-order chi connectivity index (χ0) is 25.7. The monoisotopic (exact) mass is 493 g/mol. The average molecular weight is 494 g/mol. The highest BCUT2D eigenvalue weighted by atomic mass is 19.1. The van der Waals surface area contributed by atoms with E-state index in [9.17, 15) is 23.2 Å². The third kappa shape index (κ3) is 6.29. The molecule has 1 aliphatic rings. The molecule has 0 unspecified atom stereocenters. The molecular weight excluding hydrogens is 468 g/mol. The van der Waals surface area contributed by atoms with Crippen molar-refractivity contribution < 1.29 is 27.9 Å². The standard InChI is InChI=1S/C27H25F2N3O4/c1-16(33)17-2-4-18(5-3-17)25(34)31-21-8-10-22(11-9-21)32-26(35)24-14-20(29)15-30-27(24)36-23-12-6-19(28)7-13-23/h2-7,12-15,21-22H,8-11H2,1H3,(H,31,34)(H,32,35). The van der Waals surface area contributed by atoms with E-state index in [0.29, 0.717) is 36.8 Å². The van der Waals surface area contributed by atoms with Crippen molar-refractivity contribution in [3.63, 3.8) is 0 Å². The SMILES string of the molecule is CC(=O)c1ccc(C(=O)NC2CCC(NC(=O)c3cc(F)cnc3Oc3ccc(F)cc3)CC2)cc1. The summed E-state index contributed by atoms with van der Waals surface area (Å²) in [4.78, 5) is 40.7. The van der Waals surface area contributed by atoms with Gasteiger partial charge in [0.15, 0.2) is 5.78 Å². The van der Waals surface area contributed by atoms with Gasteiger partial charge in [-0.2, -0.15) is 0 Å². The molecule has 0 aliphatic heterocycles. The van der Waals surface area contributed by atoms with E-state index >= 15 is 0 Å². The van der Waals surface area contributed by atoms with Gasteiger partial charge in [-0.3, -0.25) is 14.4 Å². The number of pyridine rings is 1. The van der Waals surface area contributed by atoms with Crippen LogP contribution in [0.25, 0.3) is 0 Å². The summed E-state index contributed by atoms with van der Waals surface area (Å²) in [5.41, 5.74) is 0.953. The molecular formula is C27H25F2N3O4. The molecule has 2 amide bonds. The van der Waals surface area contributed by atoms with E-state index in [0.717, 1.165) is 12.3 Å². The molecule has 1 aromatic heterocycles. The van der Waals surface area contributed by atoms with Gasteiger partial charge in [0.2, 0.25) is 5.88 Å². The number of amides is 2. The molecule has 0 bridgehead atoms. The predicted molar refractivity (Wildman–Crippen MR) is 128 cm³/mol. The van der Waals surface area contributed by atoms with Crippen LogP contribution in [0.15, 0.2) is 60.8 Å². The zero-order valence-electron chi connectivity index (χ0n) is 19.6. The first kappa shape index (κ1) is 25.0. The van der Waals surface area contributed by atoms with Crippen LogP contribution in [0.2, 0.25) is 0 Å². The van der Waals surface area contributed by atoms with Gasteiger partial charge < -0.3 is 15.4 Å². The number of aromatic nitrogens is 1. The van der Waals surface area contributed by atoms with Gasteiger partial charge in [0, 0.05) is 23.2 Å². The van der Waals surface area contributed by atoms with Gasteiger partial charge in [-0.15, -0.1) is 0 Å². The second kappa shape index (κ2) is 11.1. The molecule has 1 heterocycles. The lowest BCUT2D eigenvalue weighted by Crippen LogP contribution is -2.43. The van der Waals surface area contributed by atoms with E-state index in [-0.39, 0.29) is 41.0 Å². The largest absolute Gasteiger partial charge is 0.438 e. The first-order valence-corrected chi connectivity index (χ1v) is 11.6. The van der Waals surface area contributed by atoms with Gasteiger partial charge in [-0.05, 0) is 75.1 Å². The number of hydrogen-bond donors (Lipinski definition) is 2. The first-order valence-electron chi connectivity index (χ1n) is 11.6. The Balaban J connectivity index is 1.32. The molecule has 2 aromatic carbocycles. The molecule has 0 spiro atoms. The summed E-state index contributed by atoms with van der Waals surface area (Å²) >= 11 is 0. The number of nitrogens with one attached hydrogen (secondary N) is 2. The van der Waals surface area contributed by atoms with Gasteiger partial charge in [0.05, 0.1) is 6.20 Å². The van der Waals surface area contributed by atoms with Crippen molar-refractivity contribution in [2.75, 3.05) is 0 Å². The summed E-state index contributed by atoms with van der Waals surface area (Å²) in [6.45, 7) is 1.47. The summed E-state index contributed by atoms with van der Waals surface area (Å²) in [5, 5.41) is 5.88. The molecule has 4 rings (SSSR count). The second-order valence-corrected chi connectivity index (χ2v) is 8.69. The topological polar surface area (TPSA) is 97.4 Å². The minimum atomic E-state index is -0.686. The number of ether oxygens (including phenoxy) is 1. The van der Waals surface area contributed by atoms with E-state index < -0.39 is 17.5 Å². The highest BCUT2D eigenvalue weighted by Crippen LogP contribution is 2.25. The molecule has 0 radical (unpaired) electrons. The normalized spacial score (nSPS) is 17.2. The van der Waals surface area contributed by atoms with Crippen molar-refractivity contribution >= 4 is 17.6 Å². The van der Waals surface area contributed by atoms with Gasteiger partial charge >= 0.3 is 0 Å². The third-order valence-corrected chi connectivity index (χ3v) is 6.04. The van der Waals surface area contributed by atoms with E-state index in [4.69, 9.17) is 4.74 Å². The van der Waals surface area contributed by atoms with Crippen LogP contribution in [0, 0.1) is 11.6 Å². The zero-order valence-corrected chi connectivity index (χ0v) is 19.6. The van der Waals surface area contributed by atoms with E-state index in [2.05, 4.69) is 15.6 Å². The molecule has 1 saturated carbocycles.